The van der Waals surface area contributed by atoms with Gasteiger partial charge in [0.1, 0.15) is 6.07 Å². The summed E-state index contributed by atoms with van der Waals surface area (Å²) in [6.07, 6.45) is 0. The maximum absolute atomic E-state index is 9.02. The van der Waals surface area contributed by atoms with Gasteiger partial charge < -0.3 is 0 Å². The second-order valence-electron chi connectivity index (χ2n) is 2.15. The number of nitrogens with zero attached hydrogens (tertiary/aromatic N) is 2. The van der Waals surface area contributed by atoms with Crippen molar-refractivity contribution in [3.63, 3.8) is 0 Å². The Hall–Kier alpha value is -1.53. The lowest BCUT2D eigenvalue weighted by Gasteiger charge is -2.10. The highest BCUT2D eigenvalue weighted by Crippen LogP contribution is 2.15. The Kier molecular flexibility index (Phi) is 2.09. The second-order valence-corrected chi connectivity index (χ2v) is 2.15. The van der Waals surface area contributed by atoms with Gasteiger partial charge >= 0.3 is 0 Å². The van der Waals surface area contributed by atoms with E-state index in [9.17, 15) is 0 Å². The number of rotatable bonds is 1. The van der Waals surface area contributed by atoms with E-state index in [1.165, 1.54) is 7.05 Å². The van der Waals surface area contributed by atoms with Crippen LogP contribution in [0.2, 0.25) is 0 Å². The third-order valence-electron chi connectivity index (χ3n) is 1.37. The quantitative estimate of drug-likeness (QED) is 0.612. The first-order chi connectivity index (χ1) is 5.25. The molecule has 0 heterocycles. The zero-order valence-corrected chi connectivity index (χ0v) is 6.15. The molecule has 0 atom stereocenters. The molecule has 3 heteroatoms. The summed E-state index contributed by atoms with van der Waals surface area (Å²) in [5.74, 6) is 0. The fourth-order valence-corrected chi connectivity index (χ4v) is 0.850. The van der Waals surface area contributed by atoms with Gasteiger partial charge in [-0.3, -0.25) is 10.3 Å². The summed E-state index contributed by atoms with van der Waals surface area (Å²) < 4.78 is 0. The summed E-state index contributed by atoms with van der Waals surface area (Å²) in [7, 11) is 1.48. The van der Waals surface area contributed by atoms with Gasteiger partial charge in [-0.2, -0.15) is 5.26 Å². The molecular formula is C8H8N2O. The smallest absolute Gasteiger partial charge is 0.101 e. The van der Waals surface area contributed by atoms with Crippen molar-refractivity contribution >= 4 is 5.69 Å². The number of nitriles is 1. The van der Waals surface area contributed by atoms with Crippen LogP contribution in [0.1, 0.15) is 5.56 Å². The first-order valence-corrected chi connectivity index (χ1v) is 3.17. The van der Waals surface area contributed by atoms with Crippen LogP contribution in [0.25, 0.3) is 0 Å². The van der Waals surface area contributed by atoms with Crippen LogP contribution in [0, 0.1) is 11.3 Å². The van der Waals surface area contributed by atoms with Gasteiger partial charge in [0.05, 0.1) is 11.3 Å². The molecule has 0 aliphatic heterocycles. The van der Waals surface area contributed by atoms with E-state index >= 15 is 0 Å². The highest BCUT2D eigenvalue weighted by atomic mass is 16.5. The monoisotopic (exact) mass is 148 g/mol. The van der Waals surface area contributed by atoms with E-state index in [2.05, 4.69) is 0 Å². The molecule has 11 heavy (non-hydrogen) atoms. The van der Waals surface area contributed by atoms with Gasteiger partial charge in [-0.1, -0.05) is 12.1 Å². The summed E-state index contributed by atoms with van der Waals surface area (Å²) in [5, 5.41) is 18.5. The van der Waals surface area contributed by atoms with Gasteiger partial charge in [-0.25, -0.2) is 0 Å². The number of anilines is 1. The van der Waals surface area contributed by atoms with Crippen LogP contribution in [-0.2, 0) is 0 Å². The Morgan fingerprint density at radius 2 is 2.09 bits per heavy atom. The minimum atomic E-state index is 0.470. The maximum atomic E-state index is 9.02. The number of hydrogen-bond acceptors (Lipinski definition) is 3. The molecule has 0 radical (unpaired) electrons. The second kappa shape index (κ2) is 3.04. The van der Waals surface area contributed by atoms with Crippen molar-refractivity contribution in [2.45, 2.75) is 0 Å². The lowest BCUT2D eigenvalue weighted by Crippen LogP contribution is -2.11. The molecule has 0 aliphatic rings. The lowest BCUT2D eigenvalue weighted by molar-refractivity contribution is 0.279. The SMILES string of the molecule is CN(O)c1ccccc1C#N. The molecule has 0 fully saturated rings. The fourth-order valence-electron chi connectivity index (χ4n) is 0.850. The minimum Gasteiger partial charge on any atom is -0.289 e. The van der Waals surface area contributed by atoms with Crippen LogP contribution in [-0.4, -0.2) is 12.3 Å². The molecule has 1 aromatic carbocycles. The van der Waals surface area contributed by atoms with Crippen LogP contribution in [0.5, 0.6) is 0 Å². The Balaban J connectivity index is 3.15. The molecule has 1 rings (SSSR count). The van der Waals surface area contributed by atoms with Crippen LogP contribution < -0.4 is 5.06 Å². The van der Waals surface area contributed by atoms with Crippen LogP contribution in [0.3, 0.4) is 0 Å². The van der Waals surface area contributed by atoms with Crippen LogP contribution in [0.15, 0.2) is 24.3 Å². The van der Waals surface area contributed by atoms with E-state index in [0.717, 1.165) is 5.06 Å². The number of hydrogen-bond donors (Lipinski definition) is 1. The number of hydroxylamine groups is 1. The largest absolute Gasteiger partial charge is 0.289 e. The molecule has 3 nitrogen and oxygen atoms in total. The van der Waals surface area contributed by atoms with Gasteiger partial charge in [0.15, 0.2) is 0 Å². The highest BCUT2D eigenvalue weighted by molar-refractivity contribution is 5.56. The molecule has 0 amide bonds. The van der Waals surface area contributed by atoms with Gasteiger partial charge in [-0.15, -0.1) is 0 Å². The average Bonchev–Trinajstić information content (AvgIpc) is 2.04. The molecule has 56 valence electrons. The maximum Gasteiger partial charge on any atom is 0.101 e. The first-order valence-electron chi connectivity index (χ1n) is 3.17. The number of benzene rings is 1. The van der Waals surface area contributed by atoms with Crippen molar-refractivity contribution < 1.29 is 5.21 Å². The van der Waals surface area contributed by atoms with Gasteiger partial charge in [0.25, 0.3) is 0 Å². The normalized spacial score (nSPS) is 8.82. The highest BCUT2D eigenvalue weighted by Gasteiger charge is 2.01. The Bertz CT molecular complexity index is 288. The Labute approximate surface area is 65.1 Å². The molecule has 1 aromatic rings. The summed E-state index contributed by atoms with van der Waals surface area (Å²) in [6, 6.07) is 8.83. The average molecular weight is 148 g/mol. The molecule has 0 aromatic heterocycles. The Morgan fingerprint density at radius 1 is 1.45 bits per heavy atom. The van der Waals surface area contributed by atoms with Gasteiger partial charge in [0.2, 0.25) is 0 Å². The van der Waals surface area contributed by atoms with Crippen LogP contribution in [0.4, 0.5) is 5.69 Å². The van der Waals surface area contributed by atoms with Gasteiger partial charge in [-0.05, 0) is 12.1 Å². The molecule has 0 saturated heterocycles. The topological polar surface area (TPSA) is 47.3 Å². The summed E-state index contributed by atoms with van der Waals surface area (Å²) in [5.41, 5.74) is 0.993. The molecule has 0 bridgehead atoms. The zero-order valence-electron chi connectivity index (χ0n) is 6.15. The predicted octanol–water partition coefficient (Wildman–Crippen LogP) is 1.38. The van der Waals surface area contributed by atoms with Crippen molar-refractivity contribution in [1.82, 2.24) is 0 Å². The predicted molar refractivity (Wildman–Crippen MR) is 41.3 cm³/mol. The number of para-hydroxylation sites is 1. The van der Waals surface area contributed by atoms with Gasteiger partial charge in [0, 0.05) is 7.05 Å². The molecule has 1 N–H and O–H groups in total. The van der Waals surface area contributed by atoms with Crippen molar-refractivity contribution in [2.75, 3.05) is 12.1 Å². The van der Waals surface area contributed by atoms with Crippen molar-refractivity contribution in [1.29, 1.82) is 5.26 Å². The molecule has 0 aliphatic carbocycles. The van der Waals surface area contributed by atoms with E-state index in [-0.39, 0.29) is 0 Å². The fraction of sp³-hybridized carbons (Fsp3) is 0.125. The van der Waals surface area contributed by atoms with Crippen molar-refractivity contribution in [3.8, 4) is 6.07 Å². The summed E-state index contributed by atoms with van der Waals surface area (Å²) in [6.45, 7) is 0. The lowest BCUT2D eigenvalue weighted by atomic mass is 10.2. The van der Waals surface area contributed by atoms with E-state index in [4.69, 9.17) is 10.5 Å². The van der Waals surface area contributed by atoms with Crippen molar-refractivity contribution in [2.24, 2.45) is 0 Å². The first kappa shape index (κ1) is 7.58. The van der Waals surface area contributed by atoms with E-state index < -0.39 is 0 Å². The van der Waals surface area contributed by atoms with Crippen molar-refractivity contribution in [3.05, 3.63) is 29.8 Å². The summed E-state index contributed by atoms with van der Waals surface area (Å²) >= 11 is 0. The standard InChI is InChI=1S/C8H8N2O/c1-10(11)8-5-3-2-4-7(8)6-9/h2-5,11H,1H3. The molecular weight excluding hydrogens is 140 g/mol. The third-order valence-corrected chi connectivity index (χ3v) is 1.37. The molecule has 0 unspecified atom stereocenters. The molecule has 0 spiro atoms. The van der Waals surface area contributed by atoms with E-state index in [0.29, 0.717) is 11.3 Å². The van der Waals surface area contributed by atoms with Crippen LogP contribution >= 0.6 is 0 Å². The third kappa shape index (κ3) is 1.48. The summed E-state index contributed by atoms with van der Waals surface area (Å²) in [4.78, 5) is 0. The Morgan fingerprint density at radius 3 is 2.55 bits per heavy atom. The van der Waals surface area contributed by atoms with E-state index in [1.54, 1.807) is 24.3 Å². The molecule has 0 saturated carbocycles. The minimum absolute atomic E-state index is 0.470. The zero-order chi connectivity index (χ0) is 8.27. The van der Waals surface area contributed by atoms with E-state index in [1.807, 2.05) is 6.07 Å².